The van der Waals surface area contributed by atoms with Crippen molar-refractivity contribution in [1.82, 2.24) is 35.9 Å². The third-order valence-electron chi connectivity index (χ3n) is 5.67. The number of aromatic nitrogens is 4. The minimum atomic E-state index is -0.916. The van der Waals surface area contributed by atoms with E-state index in [0.717, 1.165) is 16.5 Å². The highest BCUT2D eigenvalue weighted by Crippen LogP contribution is 2.19. The van der Waals surface area contributed by atoms with Gasteiger partial charge in [0.25, 0.3) is 0 Å². The molecule has 4 rings (SSSR count). The van der Waals surface area contributed by atoms with Crippen molar-refractivity contribution in [2.45, 2.75) is 51.4 Å². The van der Waals surface area contributed by atoms with E-state index in [1.807, 2.05) is 24.3 Å². The molecule has 1 aliphatic heterocycles. The molecule has 3 heterocycles. The summed E-state index contributed by atoms with van der Waals surface area (Å²) in [5.74, 6) is -1.80. The van der Waals surface area contributed by atoms with Gasteiger partial charge in [-0.15, -0.1) is 5.10 Å². The van der Waals surface area contributed by atoms with Gasteiger partial charge in [-0.3, -0.25) is 23.9 Å². The zero-order valence-corrected chi connectivity index (χ0v) is 19.2. The Morgan fingerprint density at radius 2 is 1.91 bits per heavy atom. The lowest BCUT2D eigenvalue weighted by Gasteiger charge is -2.21. The van der Waals surface area contributed by atoms with Crippen molar-refractivity contribution in [2.75, 3.05) is 6.54 Å². The Hall–Kier alpha value is -4.22. The number of fused-ring (bicyclic) bond motifs is 3. The molecule has 0 saturated carbocycles. The number of aromatic amines is 1. The van der Waals surface area contributed by atoms with E-state index in [-0.39, 0.29) is 44.9 Å². The largest absolute Gasteiger partial charge is 0.459 e. The Morgan fingerprint density at radius 3 is 2.77 bits per heavy atom. The number of benzene rings is 1. The molecule has 35 heavy (non-hydrogen) atoms. The number of aryl methyl sites for hydroxylation is 1. The maximum absolute atomic E-state index is 13.0. The lowest BCUT2D eigenvalue weighted by atomic mass is 10.0. The van der Waals surface area contributed by atoms with E-state index in [2.05, 4.69) is 31.2 Å². The number of hydrogen-bond acceptors (Lipinski definition) is 7. The molecule has 2 aromatic heterocycles. The first-order chi connectivity index (χ1) is 16.9. The van der Waals surface area contributed by atoms with Crippen molar-refractivity contribution < 1.29 is 23.9 Å². The number of esters is 1. The molecule has 0 spiro atoms. The molecule has 3 amide bonds. The smallest absolute Gasteiger partial charge is 0.307 e. The number of amides is 3. The van der Waals surface area contributed by atoms with E-state index in [1.165, 1.54) is 4.68 Å². The number of hydrogen-bond donors (Lipinski definition) is 4. The second-order valence-corrected chi connectivity index (χ2v) is 8.34. The van der Waals surface area contributed by atoms with Crippen LogP contribution in [0, 0.1) is 0 Å². The van der Waals surface area contributed by atoms with Crippen molar-refractivity contribution in [3.8, 4) is 0 Å². The van der Waals surface area contributed by atoms with Crippen LogP contribution in [0.3, 0.4) is 0 Å². The van der Waals surface area contributed by atoms with Gasteiger partial charge < -0.3 is 25.7 Å². The molecule has 0 aliphatic carbocycles. The molecular formula is C23H27N7O5. The fourth-order valence-corrected chi connectivity index (χ4v) is 3.77. The molecule has 1 unspecified atom stereocenters. The van der Waals surface area contributed by atoms with Crippen molar-refractivity contribution in [1.29, 1.82) is 0 Å². The number of H-pyrrole nitrogens is 1. The van der Waals surface area contributed by atoms with Crippen LogP contribution in [0.15, 0.2) is 36.7 Å². The molecule has 12 nitrogen and oxygen atoms in total. The average molecular weight is 482 g/mol. The van der Waals surface area contributed by atoms with E-state index in [4.69, 9.17) is 4.74 Å². The zero-order valence-electron chi connectivity index (χ0n) is 19.2. The summed E-state index contributed by atoms with van der Waals surface area (Å²) in [7, 11) is 0. The highest BCUT2D eigenvalue weighted by molar-refractivity contribution is 5.93. The number of cyclic esters (lactones) is 1. The lowest BCUT2D eigenvalue weighted by Crippen LogP contribution is -2.53. The third kappa shape index (κ3) is 6.22. The monoisotopic (exact) mass is 481 g/mol. The van der Waals surface area contributed by atoms with Gasteiger partial charge in [0.15, 0.2) is 0 Å². The molecular weight excluding hydrogens is 454 g/mol. The van der Waals surface area contributed by atoms with Gasteiger partial charge in [0.2, 0.25) is 17.7 Å². The predicted molar refractivity (Wildman–Crippen MR) is 124 cm³/mol. The van der Waals surface area contributed by atoms with Crippen LogP contribution in [-0.4, -0.2) is 62.3 Å². The van der Waals surface area contributed by atoms with E-state index in [9.17, 15) is 19.2 Å². The number of carbonyl (C=O) groups is 4. The normalized spacial score (nSPS) is 20.8. The van der Waals surface area contributed by atoms with Crippen LogP contribution < -0.4 is 16.0 Å². The quantitative estimate of drug-likeness (QED) is 0.373. The second-order valence-electron chi connectivity index (χ2n) is 8.34. The van der Waals surface area contributed by atoms with Crippen molar-refractivity contribution in [3.63, 3.8) is 0 Å². The minimum absolute atomic E-state index is 0.0386. The number of nitrogens with one attached hydrogen (secondary N) is 4. The number of nitrogens with zero attached hydrogens (tertiary/aromatic N) is 3. The number of rotatable bonds is 2. The predicted octanol–water partition coefficient (Wildman–Crippen LogP) is -0.0552. The van der Waals surface area contributed by atoms with Gasteiger partial charge >= 0.3 is 5.97 Å². The van der Waals surface area contributed by atoms with Crippen LogP contribution >= 0.6 is 0 Å². The molecule has 0 saturated heterocycles. The lowest BCUT2D eigenvalue weighted by molar-refractivity contribution is -0.145. The Balaban J connectivity index is 1.50. The summed E-state index contributed by atoms with van der Waals surface area (Å²) in [6.45, 7) is 1.77. The van der Waals surface area contributed by atoms with Crippen LogP contribution in [0.4, 0.5) is 0 Å². The highest BCUT2D eigenvalue weighted by Gasteiger charge is 2.26. The molecule has 4 N–H and O–H groups in total. The molecule has 184 valence electrons. The van der Waals surface area contributed by atoms with E-state index < -0.39 is 29.9 Å². The Morgan fingerprint density at radius 1 is 1.09 bits per heavy atom. The number of para-hydroxylation sites is 1. The number of carbonyl (C=O) groups excluding carboxylic acids is 4. The van der Waals surface area contributed by atoms with Gasteiger partial charge in [-0.2, -0.15) is 0 Å². The molecule has 12 heteroatoms. The summed E-state index contributed by atoms with van der Waals surface area (Å²) >= 11 is 0. The maximum atomic E-state index is 13.0. The van der Waals surface area contributed by atoms with Crippen molar-refractivity contribution in [2.24, 2.45) is 0 Å². The maximum Gasteiger partial charge on any atom is 0.307 e. The van der Waals surface area contributed by atoms with Gasteiger partial charge in [-0.1, -0.05) is 23.4 Å². The van der Waals surface area contributed by atoms with Gasteiger partial charge in [-0.05, 0) is 18.6 Å². The van der Waals surface area contributed by atoms with Crippen LogP contribution in [-0.2, 0) is 43.5 Å². The molecule has 1 aliphatic rings. The molecule has 0 radical (unpaired) electrons. The first kappa shape index (κ1) is 23.9. The molecule has 0 fully saturated rings. The Labute approximate surface area is 200 Å². The van der Waals surface area contributed by atoms with Crippen LogP contribution in [0.1, 0.15) is 31.0 Å². The van der Waals surface area contributed by atoms with Gasteiger partial charge in [0.1, 0.15) is 24.4 Å². The fourth-order valence-electron chi connectivity index (χ4n) is 3.77. The summed E-state index contributed by atoms with van der Waals surface area (Å²) in [5, 5.41) is 16.8. The van der Waals surface area contributed by atoms with Gasteiger partial charge in [0, 0.05) is 36.5 Å². The van der Waals surface area contributed by atoms with E-state index in [0.29, 0.717) is 5.69 Å². The molecule has 2 atom stereocenters. The topological polar surface area (TPSA) is 160 Å². The first-order valence-electron chi connectivity index (χ1n) is 11.4. The number of ether oxygens (including phenoxy) is 1. The van der Waals surface area contributed by atoms with Gasteiger partial charge in [0.05, 0.1) is 19.2 Å². The Kier molecular flexibility index (Phi) is 7.38. The summed E-state index contributed by atoms with van der Waals surface area (Å²) in [6, 6.07) is 5.87. The Bertz CT molecular complexity index is 1230. The molecule has 2 bridgehead atoms. The zero-order chi connectivity index (χ0) is 24.8. The summed E-state index contributed by atoms with van der Waals surface area (Å²) in [5.41, 5.74) is 2.20. The summed E-state index contributed by atoms with van der Waals surface area (Å²) in [4.78, 5) is 53.4. The average Bonchev–Trinajstić information content (AvgIpc) is 3.47. The first-order valence-corrected chi connectivity index (χ1v) is 11.4. The third-order valence-corrected chi connectivity index (χ3v) is 5.67. The van der Waals surface area contributed by atoms with E-state index in [1.54, 1.807) is 19.3 Å². The van der Waals surface area contributed by atoms with E-state index >= 15 is 0 Å². The summed E-state index contributed by atoms with van der Waals surface area (Å²) in [6.07, 6.45) is 3.63. The van der Waals surface area contributed by atoms with Gasteiger partial charge in [-0.25, -0.2) is 0 Å². The van der Waals surface area contributed by atoms with Crippen LogP contribution in [0.5, 0.6) is 0 Å². The van der Waals surface area contributed by atoms with Crippen molar-refractivity contribution in [3.05, 3.63) is 47.9 Å². The second kappa shape index (κ2) is 10.8. The highest BCUT2D eigenvalue weighted by atomic mass is 16.5. The summed E-state index contributed by atoms with van der Waals surface area (Å²) < 4.78 is 6.64. The minimum Gasteiger partial charge on any atom is -0.459 e. The van der Waals surface area contributed by atoms with Crippen LogP contribution in [0.25, 0.3) is 10.9 Å². The fraction of sp³-hybridized carbons (Fsp3) is 0.391. The van der Waals surface area contributed by atoms with Crippen molar-refractivity contribution >= 4 is 34.6 Å². The SMILES string of the molecule is C[C@@H]1NC(=O)CCn2cc(nn2)COC(=O)CCNC(=O)C(Cc2c[nH]c3ccccc23)NC1=O. The molecule has 1 aromatic carbocycles. The molecule has 3 aromatic rings. The standard InChI is InChI=1S/C23H27N7O5/c1-14-22(33)27-19(10-15-11-25-18-5-3-2-4-17(15)18)23(34)24-8-6-21(32)35-13-16-12-30(29-28-16)9-7-20(31)26-14/h2-5,11-12,14,19,25H,6-10,13H2,1H3,(H,24,34)(H,26,31)(H,27,33)/t14-,19?/m0/s1. The van der Waals surface area contributed by atoms with Crippen LogP contribution in [0.2, 0.25) is 0 Å².